The monoisotopic (exact) mass is 229 g/mol. The lowest BCUT2D eigenvalue weighted by Gasteiger charge is -2.04. The van der Waals surface area contributed by atoms with E-state index in [2.05, 4.69) is 5.32 Å². The molecular formula is C10H12ClNO3. The van der Waals surface area contributed by atoms with E-state index in [1.54, 1.807) is 6.07 Å². The molecule has 0 bridgehead atoms. The van der Waals surface area contributed by atoms with E-state index in [0.717, 1.165) is 5.56 Å². The number of hydrogen-bond acceptors (Lipinski definition) is 3. The molecule has 0 aliphatic carbocycles. The van der Waals surface area contributed by atoms with Crippen molar-refractivity contribution in [3.05, 3.63) is 23.8 Å². The Labute approximate surface area is 92.5 Å². The highest BCUT2D eigenvalue weighted by Crippen LogP contribution is 2.24. The number of phenols is 2. The van der Waals surface area contributed by atoms with Crippen LogP contribution < -0.4 is 5.32 Å². The first-order valence-electron chi connectivity index (χ1n) is 4.47. The minimum atomic E-state index is -0.223. The molecule has 15 heavy (non-hydrogen) atoms. The zero-order valence-corrected chi connectivity index (χ0v) is 8.79. The second-order valence-corrected chi connectivity index (χ2v) is 3.32. The number of nitrogens with one attached hydrogen (secondary N) is 1. The smallest absolute Gasteiger partial charge is 0.234 e. The Bertz CT molecular complexity index is 355. The molecule has 0 saturated heterocycles. The Morgan fingerprint density at radius 2 is 2.07 bits per heavy atom. The van der Waals surface area contributed by atoms with Gasteiger partial charge in [0, 0.05) is 6.54 Å². The maximum atomic E-state index is 10.8. The quantitative estimate of drug-likeness (QED) is 0.533. The molecule has 3 N–H and O–H groups in total. The highest BCUT2D eigenvalue weighted by Gasteiger charge is 2.01. The van der Waals surface area contributed by atoms with E-state index in [1.165, 1.54) is 12.1 Å². The van der Waals surface area contributed by atoms with Gasteiger partial charge < -0.3 is 15.5 Å². The van der Waals surface area contributed by atoms with Gasteiger partial charge in [0.25, 0.3) is 0 Å². The van der Waals surface area contributed by atoms with Crippen molar-refractivity contribution in [2.75, 3.05) is 12.4 Å². The number of amides is 1. The van der Waals surface area contributed by atoms with Crippen molar-refractivity contribution >= 4 is 17.5 Å². The summed E-state index contributed by atoms with van der Waals surface area (Å²) in [5, 5.41) is 20.9. The summed E-state index contributed by atoms with van der Waals surface area (Å²) in [6, 6.07) is 4.55. The molecule has 1 aromatic carbocycles. The topological polar surface area (TPSA) is 69.6 Å². The average Bonchev–Trinajstić information content (AvgIpc) is 2.23. The number of halogens is 1. The fourth-order valence-corrected chi connectivity index (χ4v) is 1.21. The Kier molecular flexibility index (Phi) is 4.24. The minimum absolute atomic E-state index is 0.0547. The molecule has 0 aliphatic heterocycles. The molecule has 0 atom stereocenters. The third kappa shape index (κ3) is 3.67. The van der Waals surface area contributed by atoms with E-state index < -0.39 is 0 Å². The lowest BCUT2D eigenvalue weighted by atomic mass is 10.1. The highest BCUT2D eigenvalue weighted by atomic mass is 35.5. The molecule has 0 fully saturated rings. The van der Waals surface area contributed by atoms with Crippen molar-refractivity contribution in [1.82, 2.24) is 5.32 Å². The van der Waals surface area contributed by atoms with Gasteiger partial charge in [-0.15, -0.1) is 11.6 Å². The zero-order chi connectivity index (χ0) is 11.3. The summed E-state index contributed by atoms with van der Waals surface area (Å²) >= 11 is 5.29. The largest absolute Gasteiger partial charge is 0.504 e. The Morgan fingerprint density at radius 1 is 1.33 bits per heavy atom. The van der Waals surface area contributed by atoms with E-state index in [0.29, 0.717) is 13.0 Å². The van der Waals surface area contributed by atoms with Gasteiger partial charge in [0.05, 0.1) is 0 Å². The number of benzene rings is 1. The standard InChI is InChI=1S/C10H12ClNO3/c11-6-10(15)12-4-3-7-1-2-8(13)9(14)5-7/h1-2,5,13-14H,3-4,6H2,(H,12,15). The number of carbonyl (C=O) groups excluding carboxylic acids is 1. The predicted molar refractivity (Wildman–Crippen MR) is 57.2 cm³/mol. The van der Waals surface area contributed by atoms with Crippen LogP contribution in [0.1, 0.15) is 5.56 Å². The molecule has 4 nitrogen and oxygen atoms in total. The van der Waals surface area contributed by atoms with Gasteiger partial charge >= 0.3 is 0 Å². The fourth-order valence-electron chi connectivity index (χ4n) is 1.12. The highest BCUT2D eigenvalue weighted by molar-refractivity contribution is 6.27. The summed E-state index contributed by atoms with van der Waals surface area (Å²) in [6.07, 6.45) is 0.580. The third-order valence-electron chi connectivity index (χ3n) is 1.90. The molecule has 1 amide bonds. The number of carbonyl (C=O) groups is 1. The molecule has 82 valence electrons. The Balaban J connectivity index is 2.44. The maximum absolute atomic E-state index is 10.8. The first kappa shape index (κ1) is 11.7. The SMILES string of the molecule is O=C(CCl)NCCc1ccc(O)c(O)c1. The van der Waals surface area contributed by atoms with Crippen molar-refractivity contribution in [3.63, 3.8) is 0 Å². The van der Waals surface area contributed by atoms with E-state index in [1.807, 2.05) is 0 Å². The van der Waals surface area contributed by atoms with Gasteiger partial charge in [-0.05, 0) is 24.1 Å². The van der Waals surface area contributed by atoms with Gasteiger partial charge in [0.2, 0.25) is 5.91 Å². The normalized spacial score (nSPS) is 9.93. The summed E-state index contributed by atoms with van der Waals surface area (Å²) in [5.41, 5.74) is 0.833. The van der Waals surface area contributed by atoms with Crippen LogP contribution in [0, 0.1) is 0 Å². The van der Waals surface area contributed by atoms with Crippen molar-refractivity contribution in [3.8, 4) is 11.5 Å². The van der Waals surface area contributed by atoms with Crippen LogP contribution >= 0.6 is 11.6 Å². The lowest BCUT2D eigenvalue weighted by Crippen LogP contribution is -2.26. The van der Waals surface area contributed by atoms with E-state index in [9.17, 15) is 9.90 Å². The van der Waals surface area contributed by atoms with Crippen LogP contribution in [0.5, 0.6) is 11.5 Å². The van der Waals surface area contributed by atoms with Crippen LogP contribution in [0.15, 0.2) is 18.2 Å². The number of phenolic OH excluding ortho intramolecular Hbond substituents is 2. The number of aromatic hydroxyl groups is 2. The minimum Gasteiger partial charge on any atom is -0.504 e. The molecule has 0 heterocycles. The van der Waals surface area contributed by atoms with Gasteiger partial charge in [0.1, 0.15) is 5.88 Å². The van der Waals surface area contributed by atoms with Crippen molar-refractivity contribution < 1.29 is 15.0 Å². The molecule has 0 saturated carbocycles. The summed E-state index contributed by atoms with van der Waals surface area (Å²) in [5.74, 6) is -0.583. The lowest BCUT2D eigenvalue weighted by molar-refractivity contribution is -0.118. The number of alkyl halides is 1. The molecule has 1 rings (SSSR count). The molecule has 1 aromatic rings. The number of hydrogen-bond donors (Lipinski definition) is 3. The first-order chi connectivity index (χ1) is 7.13. The molecule has 0 aromatic heterocycles. The van der Waals surface area contributed by atoms with Crippen LogP contribution in [0.25, 0.3) is 0 Å². The van der Waals surface area contributed by atoms with Crippen LogP contribution in [0.2, 0.25) is 0 Å². The van der Waals surface area contributed by atoms with Crippen LogP contribution in [-0.4, -0.2) is 28.5 Å². The molecule has 0 aliphatic rings. The summed E-state index contributed by atoms with van der Waals surface area (Å²) in [6.45, 7) is 0.454. The van der Waals surface area contributed by atoms with Crippen molar-refractivity contribution in [2.45, 2.75) is 6.42 Å². The van der Waals surface area contributed by atoms with Gasteiger partial charge in [-0.3, -0.25) is 4.79 Å². The molecule has 0 spiro atoms. The van der Waals surface area contributed by atoms with Gasteiger partial charge in [-0.2, -0.15) is 0 Å². The van der Waals surface area contributed by atoms with Gasteiger partial charge in [-0.25, -0.2) is 0 Å². The van der Waals surface area contributed by atoms with Crippen LogP contribution in [0.3, 0.4) is 0 Å². The fraction of sp³-hybridized carbons (Fsp3) is 0.300. The van der Waals surface area contributed by atoms with Gasteiger partial charge in [0.15, 0.2) is 11.5 Å². The van der Waals surface area contributed by atoms with E-state index in [-0.39, 0.29) is 23.3 Å². The summed E-state index contributed by atoms with van der Waals surface area (Å²) in [7, 11) is 0. The zero-order valence-electron chi connectivity index (χ0n) is 8.03. The maximum Gasteiger partial charge on any atom is 0.234 e. The van der Waals surface area contributed by atoms with E-state index >= 15 is 0 Å². The van der Waals surface area contributed by atoms with Crippen LogP contribution in [-0.2, 0) is 11.2 Å². The van der Waals surface area contributed by atoms with E-state index in [4.69, 9.17) is 16.7 Å². The second kappa shape index (κ2) is 5.46. The summed E-state index contributed by atoms with van der Waals surface area (Å²) in [4.78, 5) is 10.8. The predicted octanol–water partition coefficient (Wildman–Crippen LogP) is 0.995. The Morgan fingerprint density at radius 3 is 2.67 bits per heavy atom. The Hall–Kier alpha value is -1.42. The van der Waals surface area contributed by atoms with Gasteiger partial charge in [-0.1, -0.05) is 6.07 Å². The average molecular weight is 230 g/mol. The van der Waals surface area contributed by atoms with Crippen molar-refractivity contribution in [2.24, 2.45) is 0 Å². The second-order valence-electron chi connectivity index (χ2n) is 3.06. The molecule has 0 radical (unpaired) electrons. The number of rotatable bonds is 4. The van der Waals surface area contributed by atoms with Crippen molar-refractivity contribution in [1.29, 1.82) is 0 Å². The summed E-state index contributed by atoms with van der Waals surface area (Å²) < 4.78 is 0. The van der Waals surface area contributed by atoms with Crippen LogP contribution in [0.4, 0.5) is 0 Å². The molecular weight excluding hydrogens is 218 g/mol. The third-order valence-corrected chi connectivity index (χ3v) is 2.14. The first-order valence-corrected chi connectivity index (χ1v) is 5.00. The molecule has 0 unspecified atom stereocenters. The molecule has 5 heteroatoms.